The van der Waals surface area contributed by atoms with Crippen LogP contribution in [0.2, 0.25) is 0 Å². The molecule has 0 aliphatic carbocycles. The third-order valence-corrected chi connectivity index (χ3v) is 4.07. The third kappa shape index (κ3) is 5.06. The van der Waals surface area contributed by atoms with E-state index in [4.69, 9.17) is 0 Å². The second kappa shape index (κ2) is 7.88. The Bertz CT molecular complexity index is 501. The average molecular weight is 409 g/mol. The van der Waals surface area contributed by atoms with Crippen molar-refractivity contribution >= 4 is 34.0 Å². The largest absolute Gasteiger partial charge is 0.378 e. The monoisotopic (exact) mass is 409 g/mol. The molecule has 1 aromatic carbocycles. The van der Waals surface area contributed by atoms with Crippen LogP contribution in [0, 0.1) is 19.5 Å². The molecule has 5 nitrogen and oxygen atoms in total. The molecule has 0 saturated carbocycles. The summed E-state index contributed by atoms with van der Waals surface area (Å²) in [6, 6.07) is 3.21. The van der Waals surface area contributed by atoms with Gasteiger partial charge in [0.05, 0.1) is 8.49 Å². The van der Waals surface area contributed by atoms with Crippen LogP contribution in [0.1, 0.15) is 27.7 Å². The van der Waals surface area contributed by atoms with E-state index in [1.54, 1.807) is 22.6 Å². The molecule has 0 aliphatic rings. The molecule has 0 unspecified atom stereocenters. The van der Waals surface area contributed by atoms with Gasteiger partial charge in [-0.2, -0.15) is 0 Å². The molecule has 0 bridgehead atoms. The first-order valence-electron chi connectivity index (χ1n) is 6.87. The average Bonchev–Trinajstić information content (AvgIpc) is 2.36. The highest BCUT2D eigenvalue weighted by Gasteiger charge is 2.18. The van der Waals surface area contributed by atoms with Gasteiger partial charge in [-0.25, -0.2) is 4.39 Å². The van der Waals surface area contributed by atoms with Crippen LogP contribution in [0.3, 0.4) is 0 Å². The van der Waals surface area contributed by atoms with E-state index in [1.807, 2.05) is 0 Å². The van der Waals surface area contributed by atoms with Crippen molar-refractivity contribution in [2.75, 3.05) is 18.4 Å². The summed E-state index contributed by atoms with van der Waals surface area (Å²) < 4.78 is 13.8. The summed E-state index contributed by atoms with van der Waals surface area (Å²) in [4.78, 5) is 12.8. The Morgan fingerprint density at radius 1 is 1.33 bits per heavy atom. The van der Waals surface area contributed by atoms with Gasteiger partial charge in [-0.15, -0.1) is 0 Å². The van der Waals surface area contributed by atoms with Crippen LogP contribution < -0.4 is 5.32 Å². The minimum Gasteiger partial charge on any atom is -0.378 e. The predicted molar refractivity (Wildman–Crippen MR) is 91.2 cm³/mol. The Balaban J connectivity index is 2.79. The first-order valence-corrected chi connectivity index (χ1v) is 7.95. The SMILES string of the molecule is CC(C)N(CCNc1cc(F)c(I)cc1[N+](=O)[O-])C(C)C. The maximum atomic E-state index is 13.6. The molecule has 1 aromatic rings. The number of nitrogens with one attached hydrogen (secondary N) is 1. The van der Waals surface area contributed by atoms with E-state index in [9.17, 15) is 14.5 Å². The normalized spacial score (nSPS) is 11.5. The number of halogens is 2. The molecule has 7 heteroatoms. The van der Waals surface area contributed by atoms with Crippen molar-refractivity contribution in [2.45, 2.75) is 39.8 Å². The van der Waals surface area contributed by atoms with Gasteiger partial charge in [0.25, 0.3) is 5.69 Å². The highest BCUT2D eigenvalue weighted by molar-refractivity contribution is 14.1. The lowest BCUT2D eigenvalue weighted by atomic mass is 10.2. The fourth-order valence-electron chi connectivity index (χ4n) is 2.26. The Kier molecular flexibility index (Phi) is 6.79. The minimum absolute atomic E-state index is 0.0959. The van der Waals surface area contributed by atoms with Crippen LogP contribution in [0.4, 0.5) is 15.8 Å². The fourth-order valence-corrected chi connectivity index (χ4v) is 2.71. The van der Waals surface area contributed by atoms with E-state index >= 15 is 0 Å². The zero-order valence-electron chi connectivity index (χ0n) is 12.7. The summed E-state index contributed by atoms with van der Waals surface area (Å²) >= 11 is 1.75. The topological polar surface area (TPSA) is 58.4 Å². The summed E-state index contributed by atoms with van der Waals surface area (Å²) in [7, 11) is 0. The molecule has 0 radical (unpaired) electrons. The Labute approximate surface area is 138 Å². The molecular formula is C14H21FIN3O2. The molecule has 0 atom stereocenters. The van der Waals surface area contributed by atoms with Gasteiger partial charge in [0.1, 0.15) is 11.5 Å². The molecule has 0 fully saturated rings. The highest BCUT2D eigenvalue weighted by Crippen LogP contribution is 2.28. The molecule has 0 aromatic heterocycles. The van der Waals surface area contributed by atoms with Gasteiger partial charge in [0, 0.05) is 37.3 Å². The van der Waals surface area contributed by atoms with E-state index in [1.165, 1.54) is 12.1 Å². The zero-order chi connectivity index (χ0) is 16.2. The summed E-state index contributed by atoms with van der Waals surface area (Å²) in [6.07, 6.45) is 0. The van der Waals surface area contributed by atoms with Crippen LogP contribution >= 0.6 is 22.6 Å². The van der Waals surface area contributed by atoms with Gasteiger partial charge in [-0.1, -0.05) is 0 Å². The van der Waals surface area contributed by atoms with Crippen molar-refractivity contribution < 1.29 is 9.31 Å². The Hall–Kier alpha value is -0.960. The van der Waals surface area contributed by atoms with Crippen molar-refractivity contribution in [3.8, 4) is 0 Å². The number of nitro benzene ring substituents is 1. The summed E-state index contributed by atoms with van der Waals surface area (Å²) in [5.41, 5.74) is 0.131. The first kappa shape index (κ1) is 18.1. The van der Waals surface area contributed by atoms with Gasteiger partial charge in [0.2, 0.25) is 0 Å². The van der Waals surface area contributed by atoms with Gasteiger partial charge >= 0.3 is 0 Å². The Morgan fingerprint density at radius 2 is 1.90 bits per heavy atom. The van der Waals surface area contributed by atoms with Crippen LogP contribution in [0.25, 0.3) is 0 Å². The molecular weight excluding hydrogens is 388 g/mol. The second-order valence-corrected chi connectivity index (χ2v) is 6.55. The summed E-state index contributed by atoms with van der Waals surface area (Å²) in [5.74, 6) is -0.451. The lowest BCUT2D eigenvalue weighted by molar-refractivity contribution is -0.384. The maximum Gasteiger partial charge on any atom is 0.293 e. The van der Waals surface area contributed by atoms with Gasteiger partial charge < -0.3 is 5.32 Å². The van der Waals surface area contributed by atoms with Crippen LogP contribution in [-0.4, -0.2) is 35.0 Å². The van der Waals surface area contributed by atoms with E-state index in [0.29, 0.717) is 18.6 Å². The number of hydrogen-bond acceptors (Lipinski definition) is 4. The fraction of sp³-hybridized carbons (Fsp3) is 0.571. The van der Waals surface area contributed by atoms with Crippen molar-refractivity contribution in [3.63, 3.8) is 0 Å². The number of hydrogen-bond donors (Lipinski definition) is 1. The predicted octanol–water partition coefficient (Wildman–Crippen LogP) is 3.87. The standard InChI is InChI=1S/C14H21FIN3O2/c1-9(2)18(10(3)4)6-5-17-13-7-11(15)12(16)8-14(13)19(20)21/h7-10,17H,5-6H2,1-4H3. The van der Waals surface area contributed by atoms with E-state index in [0.717, 1.165) is 6.54 Å². The molecule has 0 heterocycles. The minimum atomic E-state index is -0.493. The van der Waals surface area contributed by atoms with E-state index in [-0.39, 0.29) is 14.9 Å². The second-order valence-electron chi connectivity index (χ2n) is 5.39. The molecule has 0 aliphatic heterocycles. The summed E-state index contributed by atoms with van der Waals surface area (Å²) in [6.45, 7) is 9.68. The van der Waals surface area contributed by atoms with Crippen LogP contribution in [0.15, 0.2) is 12.1 Å². The molecule has 0 spiro atoms. The van der Waals surface area contributed by atoms with Crippen molar-refractivity contribution in [1.29, 1.82) is 0 Å². The maximum absolute atomic E-state index is 13.6. The van der Waals surface area contributed by atoms with Crippen LogP contribution in [0.5, 0.6) is 0 Å². The van der Waals surface area contributed by atoms with Gasteiger partial charge in [0.15, 0.2) is 0 Å². The molecule has 1 rings (SSSR count). The van der Waals surface area contributed by atoms with Crippen molar-refractivity contribution in [2.24, 2.45) is 0 Å². The quantitative estimate of drug-likeness (QED) is 0.422. The molecule has 0 saturated heterocycles. The number of benzene rings is 1. The number of anilines is 1. The number of nitro groups is 1. The van der Waals surface area contributed by atoms with Crippen LogP contribution in [-0.2, 0) is 0 Å². The van der Waals surface area contributed by atoms with Gasteiger partial charge in [-0.05, 0) is 50.3 Å². The van der Waals surface area contributed by atoms with Crippen molar-refractivity contribution in [1.82, 2.24) is 4.90 Å². The smallest absolute Gasteiger partial charge is 0.293 e. The van der Waals surface area contributed by atoms with Crippen molar-refractivity contribution in [3.05, 3.63) is 31.6 Å². The first-order chi connectivity index (χ1) is 9.73. The molecule has 0 amide bonds. The van der Waals surface area contributed by atoms with E-state index in [2.05, 4.69) is 37.9 Å². The third-order valence-electron chi connectivity index (χ3n) is 3.25. The zero-order valence-corrected chi connectivity index (χ0v) is 14.8. The number of rotatable bonds is 7. The number of nitrogens with zero attached hydrogens (tertiary/aromatic N) is 2. The molecule has 1 N–H and O–H groups in total. The van der Waals surface area contributed by atoms with E-state index < -0.39 is 10.7 Å². The lowest BCUT2D eigenvalue weighted by Crippen LogP contribution is -2.40. The highest BCUT2D eigenvalue weighted by atomic mass is 127. The Morgan fingerprint density at radius 3 is 2.38 bits per heavy atom. The molecule has 21 heavy (non-hydrogen) atoms. The lowest BCUT2D eigenvalue weighted by Gasteiger charge is -2.30. The van der Waals surface area contributed by atoms with Gasteiger partial charge in [-0.3, -0.25) is 15.0 Å². The summed E-state index contributed by atoms with van der Waals surface area (Å²) in [5, 5.41) is 14.0. The molecule has 118 valence electrons.